The number of Topliss-reactive ketones (excluding diaryl/α,β-unsaturated/α-hetero) is 1. The predicted molar refractivity (Wildman–Crippen MR) is 108 cm³/mol. The molecule has 0 aliphatic carbocycles. The molecule has 5 atom stereocenters. The van der Waals surface area contributed by atoms with Gasteiger partial charge in [0, 0.05) is 6.92 Å². The number of aliphatic hydroxyl groups excluding tert-OH is 3. The molecule has 0 aromatic carbocycles. The van der Waals surface area contributed by atoms with Gasteiger partial charge in [-0.25, -0.2) is 4.79 Å². The van der Waals surface area contributed by atoms with Crippen molar-refractivity contribution in [3.05, 3.63) is 33.7 Å². The van der Waals surface area contributed by atoms with Crippen LogP contribution in [0.2, 0.25) is 0 Å². The summed E-state index contributed by atoms with van der Waals surface area (Å²) >= 11 is 1.22. The van der Waals surface area contributed by atoms with E-state index in [0.29, 0.717) is 9.75 Å². The van der Waals surface area contributed by atoms with Crippen LogP contribution in [0.1, 0.15) is 28.4 Å². The van der Waals surface area contributed by atoms with Gasteiger partial charge in [-0.05, 0) is 25.1 Å². The zero-order valence-electron chi connectivity index (χ0n) is 16.8. The minimum absolute atomic E-state index is 0.0735. The first-order valence-corrected chi connectivity index (χ1v) is 10.0. The Kier molecular flexibility index (Phi) is 8.73. The maximum atomic E-state index is 11.6. The maximum Gasteiger partial charge on any atom is 0.370 e. The highest BCUT2D eigenvalue weighted by Crippen LogP contribution is 2.25. The first-order chi connectivity index (χ1) is 14.6. The van der Waals surface area contributed by atoms with Gasteiger partial charge in [-0.1, -0.05) is 11.8 Å². The average molecular weight is 453 g/mol. The molecular weight excluding hydrogens is 430 g/mol. The Morgan fingerprint density at radius 3 is 2.55 bits per heavy atom. The summed E-state index contributed by atoms with van der Waals surface area (Å²) < 4.78 is 10.9. The predicted octanol–water partition coefficient (Wildman–Crippen LogP) is -0.726. The Bertz CT molecular complexity index is 913. The monoisotopic (exact) mass is 453 g/mol. The third kappa shape index (κ3) is 6.61. The third-order valence-electron chi connectivity index (χ3n) is 4.30. The van der Waals surface area contributed by atoms with Crippen LogP contribution in [-0.2, 0) is 19.1 Å². The number of hydrogen-bond donors (Lipinski definition) is 5. The first-order valence-electron chi connectivity index (χ1n) is 9.21. The van der Waals surface area contributed by atoms with Gasteiger partial charge in [0.05, 0.1) is 22.4 Å². The van der Waals surface area contributed by atoms with Crippen LogP contribution in [0, 0.1) is 11.8 Å². The Hall–Kier alpha value is -2.75. The number of hydrogen-bond acceptors (Lipinski definition) is 9. The third-order valence-corrected chi connectivity index (χ3v) is 5.40. The highest BCUT2D eigenvalue weighted by Gasteiger charge is 2.44. The van der Waals surface area contributed by atoms with Crippen molar-refractivity contribution in [3.8, 4) is 11.8 Å². The summed E-state index contributed by atoms with van der Waals surface area (Å²) in [7, 11) is 0. The normalized spacial score (nSPS) is 22.2. The Morgan fingerprint density at radius 2 is 2.00 bits per heavy atom. The number of ether oxygens (including phenoxy) is 2. The van der Waals surface area contributed by atoms with Crippen LogP contribution < -0.4 is 5.32 Å². The molecule has 10 nitrogen and oxygen atoms in total. The Labute approximate surface area is 182 Å². The van der Waals surface area contributed by atoms with Crippen LogP contribution in [0.25, 0.3) is 0 Å². The lowest BCUT2D eigenvalue weighted by atomic mass is 9.93. The first kappa shape index (κ1) is 24.5. The van der Waals surface area contributed by atoms with Gasteiger partial charge in [0.1, 0.15) is 24.9 Å². The fraction of sp³-hybridized carbons (Fsp3) is 0.450. The number of aliphatic carboxylic acids is 1. The van der Waals surface area contributed by atoms with E-state index in [0.717, 1.165) is 6.08 Å². The molecule has 168 valence electrons. The van der Waals surface area contributed by atoms with Gasteiger partial charge in [-0.15, -0.1) is 11.3 Å². The van der Waals surface area contributed by atoms with E-state index in [1.54, 1.807) is 12.1 Å². The van der Waals surface area contributed by atoms with E-state index < -0.39 is 54.7 Å². The van der Waals surface area contributed by atoms with Gasteiger partial charge in [0.15, 0.2) is 11.9 Å². The lowest BCUT2D eigenvalue weighted by Gasteiger charge is -2.39. The van der Waals surface area contributed by atoms with Crippen LogP contribution in [0.4, 0.5) is 0 Å². The van der Waals surface area contributed by atoms with E-state index in [2.05, 4.69) is 17.2 Å². The zero-order valence-corrected chi connectivity index (χ0v) is 17.6. The van der Waals surface area contributed by atoms with E-state index >= 15 is 0 Å². The summed E-state index contributed by atoms with van der Waals surface area (Å²) in [6, 6.07) is 2.28. The second-order valence-electron chi connectivity index (χ2n) is 6.68. The molecule has 11 heteroatoms. The van der Waals surface area contributed by atoms with Crippen molar-refractivity contribution in [3.63, 3.8) is 0 Å². The van der Waals surface area contributed by atoms with Crippen LogP contribution in [0.3, 0.4) is 0 Å². The number of carbonyl (C=O) groups is 3. The number of rotatable bonds is 8. The summed E-state index contributed by atoms with van der Waals surface area (Å²) in [5, 5.41) is 41.0. The van der Waals surface area contributed by atoms with Gasteiger partial charge < -0.3 is 35.2 Å². The molecule has 2 rings (SSSR count). The van der Waals surface area contributed by atoms with Crippen molar-refractivity contribution in [2.45, 2.75) is 44.3 Å². The van der Waals surface area contributed by atoms with E-state index in [4.69, 9.17) is 14.6 Å². The van der Waals surface area contributed by atoms with E-state index in [9.17, 15) is 29.7 Å². The van der Waals surface area contributed by atoms with Crippen molar-refractivity contribution in [2.24, 2.45) is 0 Å². The van der Waals surface area contributed by atoms with Crippen molar-refractivity contribution < 1.29 is 44.3 Å². The quantitative estimate of drug-likeness (QED) is 0.252. The molecule has 5 N–H and O–H groups in total. The van der Waals surface area contributed by atoms with Crippen LogP contribution in [0.15, 0.2) is 24.0 Å². The van der Waals surface area contributed by atoms with E-state index in [1.807, 2.05) is 0 Å². The molecular formula is C20H23NO9S. The van der Waals surface area contributed by atoms with Crippen molar-refractivity contribution in [1.29, 1.82) is 0 Å². The van der Waals surface area contributed by atoms with Crippen LogP contribution in [-0.4, -0.2) is 81.8 Å². The number of ketones is 1. The molecule has 31 heavy (non-hydrogen) atoms. The van der Waals surface area contributed by atoms with Crippen molar-refractivity contribution in [2.75, 3.05) is 13.2 Å². The fourth-order valence-corrected chi connectivity index (χ4v) is 3.61. The highest BCUT2D eigenvalue weighted by molar-refractivity contribution is 7.14. The van der Waals surface area contributed by atoms with Gasteiger partial charge >= 0.3 is 5.97 Å². The summed E-state index contributed by atoms with van der Waals surface area (Å²) in [5.74, 6) is 3.00. The molecule has 1 aromatic heterocycles. The Morgan fingerprint density at radius 1 is 1.29 bits per heavy atom. The molecule has 0 saturated heterocycles. The molecule has 1 aliphatic heterocycles. The van der Waals surface area contributed by atoms with E-state index in [-0.39, 0.29) is 12.4 Å². The number of amides is 1. The maximum absolute atomic E-state index is 11.6. The number of carboxylic acids is 1. The number of nitrogens with one attached hydrogen (secondary N) is 1. The molecule has 0 spiro atoms. The number of carbonyl (C=O) groups excluding carboxylic acids is 2. The fourth-order valence-electron chi connectivity index (χ4n) is 2.84. The van der Waals surface area contributed by atoms with Gasteiger partial charge in [-0.3, -0.25) is 9.59 Å². The summed E-state index contributed by atoms with van der Waals surface area (Å²) in [6.45, 7) is 1.69. The number of thiophene rings is 1. The zero-order chi connectivity index (χ0) is 23.1. The molecule has 1 amide bonds. The van der Waals surface area contributed by atoms with Crippen molar-refractivity contribution in [1.82, 2.24) is 5.32 Å². The van der Waals surface area contributed by atoms with E-state index in [1.165, 1.54) is 25.2 Å². The highest BCUT2D eigenvalue weighted by atomic mass is 32.1. The summed E-state index contributed by atoms with van der Waals surface area (Å²) in [4.78, 5) is 35.6. The second kappa shape index (κ2) is 11.0. The lowest BCUT2D eigenvalue weighted by Crippen LogP contribution is -2.60. The summed E-state index contributed by atoms with van der Waals surface area (Å²) in [5.41, 5.74) is 0. The largest absolute Gasteiger partial charge is 0.478 e. The molecule has 0 bridgehead atoms. The standard InChI is InChI=1S/C20H23NO9S/c1-10(23)16-6-5-12(31-16)4-3-7-29-14-8-15(20(27)28)30-19(17(14)21-11(2)24)18(26)13(25)9-22/h5-6,8,13-14,17-19,22,25-26H,7,9H2,1-2H3,(H,21,24)(H,27,28)/t13-,14+,17-,18-,19-/m1/s1. The average Bonchev–Trinajstić information content (AvgIpc) is 3.19. The van der Waals surface area contributed by atoms with Gasteiger partial charge in [0.2, 0.25) is 11.7 Å². The van der Waals surface area contributed by atoms with Crippen molar-refractivity contribution >= 4 is 29.0 Å². The van der Waals surface area contributed by atoms with Gasteiger partial charge in [0.25, 0.3) is 0 Å². The number of aliphatic hydroxyl groups is 3. The summed E-state index contributed by atoms with van der Waals surface area (Å²) in [6.07, 6.45) is -4.68. The molecule has 1 aromatic rings. The minimum Gasteiger partial charge on any atom is -0.478 e. The SMILES string of the molecule is CC(=O)N[C@H]1[C@H]([C@H](O)[C@H](O)CO)OC(C(=O)O)=C[C@@H]1OCC#Cc1ccc(C(C)=O)s1. The molecule has 0 fully saturated rings. The molecule has 0 saturated carbocycles. The second-order valence-corrected chi connectivity index (χ2v) is 7.77. The molecule has 2 heterocycles. The molecule has 1 aliphatic rings. The lowest BCUT2D eigenvalue weighted by molar-refractivity contribution is -0.151. The Balaban J connectivity index is 2.22. The minimum atomic E-state index is -1.71. The number of carboxylic acid groups (broad SMARTS) is 1. The van der Waals surface area contributed by atoms with Gasteiger partial charge in [-0.2, -0.15) is 0 Å². The smallest absolute Gasteiger partial charge is 0.370 e. The van der Waals surface area contributed by atoms with Crippen LogP contribution in [0.5, 0.6) is 0 Å². The molecule has 0 unspecified atom stereocenters. The van der Waals surface area contributed by atoms with Crippen LogP contribution >= 0.6 is 11.3 Å². The molecule has 0 radical (unpaired) electrons. The topological polar surface area (TPSA) is 163 Å².